The Kier molecular flexibility index (Phi) is 4.34. The van der Waals surface area contributed by atoms with Gasteiger partial charge in [-0.25, -0.2) is 4.18 Å². The topological polar surface area (TPSA) is 56.3 Å². The third kappa shape index (κ3) is 3.82. The predicted molar refractivity (Wildman–Crippen MR) is 53.8 cm³/mol. The lowest BCUT2D eigenvalue weighted by molar-refractivity contribution is -0.200. The van der Waals surface area contributed by atoms with Crippen LogP contribution in [-0.2, 0) is 14.3 Å². The van der Waals surface area contributed by atoms with Crippen molar-refractivity contribution in [2.75, 3.05) is 0 Å². The summed E-state index contributed by atoms with van der Waals surface area (Å²) in [6.07, 6.45) is -8.03. The van der Waals surface area contributed by atoms with E-state index in [9.17, 15) is 34.8 Å². The molecule has 1 heterocycles. The van der Waals surface area contributed by atoms with Crippen molar-refractivity contribution in [1.29, 1.82) is 0 Å². The van der Waals surface area contributed by atoms with Crippen molar-refractivity contribution in [2.45, 2.75) is 24.7 Å². The van der Waals surface area contributed by atoms with E-state index < -0.39 is 33.5 Å². The maximum absolute atomic E-state index is 12.6. The normalized spacial score (nSPS) is 15.2. The Balaban J connectivity index is 3.20. The van der Waals surface area contributed by atoms with Crippen molar-refractivity contribution in [3.05, 3.63) is 29.6 Å². The fraction of sp³-hybridized carbons (Fsp3) is 0.444. The number of aromatic nitrogens is 1. The first-order valence-corrected chi connectivity index (χ1v) is 6.24. The Hall–Kier alpha value is -1.36. The minimum Gasteiger partial charge on any atom is -0.261 e. The van der Waals surface area contributed by atoms with E-state index in [4.69, 9.17) is 0 Å². The number of aryl methyl sites for hydroxylation is 1. The highest BCUT2D eigenvalue weighted by Gasteiger charge is 2.54. The fourth-order valence-corrected chi connectivity index (χ4v) is 1.70. The molecule has 1 rings (SSSR count). The van der Waals surface area contributed by atoms with Gasteiger partial charge in [-0.3, -0.25) is 4.98 Å². The summed E-state index contributed by atoms with van der Waals surface area (Å²) >= 11 is 0. The molecule has 11 heteroatoms. The van der Waals surface area contributed by atoms with Crippen LogP contribution < -0.4 is 0 Å². The van der Waals surface area contributed by atoms with Gasteiger partial charge in [0.15, 0.2) is 6.10 Å². The van der Waals surface area contributed by atoms with E-state index in [0.29, 0.717) is 11.9 Å². The molecule has 0 amide bonds. The summed E-state index contributed by atoms with van der Waals surface area (Å²) in [5.41, 5.74) is -6.50. The molecule has 0 bridgehead atoms. The zero-order valence-corrected chi connectivity index (χ0v) is 10.5. The molecule has 0 aliphatic carbocycles. The van der Waals surface area contributed by atoms with Gasteiger partial charge in [0.1, 0.15) is 0 Å². The highest BCUT2D eigenvalue weighted by atomic mass is 32.2. The summed E-state index contributed by atoms with van der Waals surface area (Å²) < 4.78 is 98.8. The minimum atomic E-state index is -6.39. The van der Waals surface area contributed by atoms with E-state index >= 15 is 0 Å². The summed E-state index contributed by atoms with van der Waals surface area (Å²) in [7, 11) is -6.39. The lowest BCUT2D eigenvalue weighted by Crippen LogP contribution is -2.33. The van der Waals surface area contributed by atoms with Crippen LogP contribution in [0, 0.1) is 6.92 Å². The highest BCUT2D eigenvalue weighted by molar-refractivity contribution is 7.87. The summed E-state index contributed by atoms with van der Waals surface area (Å²) in [4.78, 5) is 3.45. The van der Waals surface area contributed by atoms with Crippen molar-refractivity contribution in [1.82, 2.24) is 4.98 Å². The lowest BCUT2D eigenvalue weighted by Gasteiger charge is -2.21. The number of hydrogen-bond acceptors (Lipinski definition) is 4. The Morgan fingerprint density at radius 1 is 1.15 bits per heavy atom. The van der Waals surface area contributed by atoms with E-state index in [1.165, 1.54) is 6.92 Å². The average Bonchev–Trinajstić information content (AvgIpc) is 2.24. The van der Waals surface area contributed by atoms with Crippen LogP contribution in [0.15, 0.2) is 18.3 Å². The average molecular weight is 323 g/mol. The molecule has 20 heavy (non-hydrogen) atoms. The monoisotopic (exact) mass is 323 g/mol. The van der Waals surface area contributed by atoms with Gasteiger partial charge in [0.25, 0.3) is 0 Å². The summed E-state index contributed by atoms with van der Waals surface area (Å²) in [6.45, 7) is 1.43. The minimum absolute atomic E-state index is 0.299. The van der Waals surface area contributed by atoms with Crippen LogP contribution in [0.1, 0.15) is 17.4 Å². The SMILES string of the molecule is Cc1ccc(C(OS(=O)(=O)C(F)(F)F)C(F)(F)F)cn1. The number of nitrogens with zero attached hydrogens (tertiary/aromatic N) is 1. The molecule has 114 valence electrons. The molecule has 0 aromatic carbocycles. The van der Waals surface area contributed by atoms with Crippen LogP contribution in [0.4, 0.5) is 26.3 Å². The molecular formula is C9H7F6NO3S. The number of pyridine rings is 1. The summed E-state index contributed by atoms with van der Waals surface area (Å²) in [5, 5.41) is 0. The molecule has 0 N–H and O–H groups in total. The van der Waals surface area contributed by atoms with E-state index in [1.807, 2.05) is 0 Å². The standard InChI is InChI=1S/C9H7F6NO3S/c1-5-2-3-6(4-16-5)7(8(10,11)12)19-20(17,18)9(13,14)15/h2-4,7H,1H3. The zero-order chi connectivity index (χ0) is 15.8. The van der Waals surface area contributed by atoms with E-state index in [-0.39, 0.29) is 0 Å². The second kappa shape index (κ2) is 5.20. The van der Waals surface area contributed by atoms with Crippen LogP contribution in [0.25, 0.3) is 0 Å². The van der Waals surface area contributed by atoms with Gasteiger partial charge >= 0.3 is 21.8 Å². The van der Waals surface area contributed by atoms with Crippen LogP contribution >= 0.6 is 0 Å². The largest absolute Gasteiger partial charge is 0.523 e. The molecule has 1 unspecified atom stereocenters. The molecule has 1 aromatic heterocycles. The smallest absolute Gasteiger partial charge is 0.261 e. The second-order valence-electron chi connectivity index (χ2n) is 3.65. The Morgan fingerprint density at radius 3 is 2.05 bits per heavy atom. The number of halogens is 6. The van der Waals surface area contributed by atoms with Crippen LogP contribution in [-0.4, -0.2) is 25.1 Å². The molecule has 0 aliphatic heterocycles. The molecule has 0 saturated heterocycles. The van der Waals surface area contributed by atoms with E-state index in [1.54, 1.807) is 0 Å². The lowest BCUT2D eigenvalue weighted by atomic mass is 10.1. The van der Waals surface area contributed by atoms with E-state index in [2.05, 4.69) is 9.17 Å². The molecule has 1 atom stereocenters. The third-order valence-corrected chi connectivity index (χ3v) is 3.05. The van der Waals surface area contributed by atoms with Crippen LogP contribution in [0.3, 0.4) is 0 Å². The molecule has 4 nitrogen and oxygen atoms in total. The number of hydrogen-bond donors (Lipinski definition) is 0. The molecule has 0 aliphatic rings. The highest BCUT2D eigenvalue weighted by Crippen LogP contribution is 2.39. The van der Waals surface area contributed by atoms with Gasteiger partial charge in [-0.2, -0.15) is 34.8 Å². The van der Waals surface area contributed by atoms with Crippen molar-refractivity contribution >= 4 is 10.1 Å². The first-order chi connectivity index (χ1) is 8.84. The molecule has 0 fully saturated rings. The molecule has 1 aromatic rings. The Morgan fingerprint density at radius 2 is 1.70 bits per heavy atom. The van der Waals surface area contributed by atoms with Gasteiger partial charge in [-0.05, 0) is 13.0 Å². The van der Waals surface area contributed by atoms with Gasteiger partial charge in [0.05, 0.1) is 0 Å². The maximum atomic E-state index is 12.6. The van der Waals surface area contributed by atoms with Gasteiger partial charge in [-0.15, -0.1) is 0 Å². The fourth-order valence-electron chi connectivity index (χ4n) is 1.11. The second-order valence-corrected chi connectivity index (χ2v) is 5.21. The number of alkyl halides is 6. The predicted octanol–water partition coefficient (Wildman–Crippen LogP) is 2.86. The first-order valence-electron chi connectivity index (χ1n) is 4.83. The van der Waals surface area contributed by atoms with Crippen molar-refractivity contribution in [2.24, 2.45) is 0 Å². The maximum Gasteiger partial charge on any atom is 0.523 e. The Labute approximate surface area is 109 Å². The molecule has 0 saturated carbocycles. The van der Waals surface area contributed by atoms with Crippen molar-refractivity contribution in [3.8, 4) is 0 Å². The van der Waals surface area contributed by atoms with Crippen molar-refractivity contribution < 1.29 is 38.9 Å². The van der Waals surface area contributed by atoms with Crippen LogP contribution in [0.5, 0.6) is 0 Å². The van der Waals surface area contributed by atoms with Gasteiger partial charge in [-0.1, -0.05) is 6.07 Å². The molecule has 0 spiro atoms. The third-order valence-electron chi connectivity index (χ3n) is 2.04. The Bertz CT molecular complexity index is 563. The van der Waals surface area contributed by atoms with Gasteiger partial charge in [0, 0.05) is 17.5 Å². The molecule has 0 radical (unpaired) electrons. The zero-order valence-electron chi connectivity index (χ0n) is 9.66. The number of rotatable bonds is 3. The van der Waals surface area contributed by atoms with Gasteiger partial charge in [0.2, 0.25) is 0 Å². The molecular weight excluding hydrogens is 316 g/mol. The first kappa shape index (κ1) is 16.7. The summed E-state index contributed by atoms with van der Waals surface area (Å²) in [5.74, 6) is 0. The van der Waals surface area contributed by atoms with Crippen molar-refractivity contribution in [3.63, 3.8) is 0 Å². The summed E-state index contributed by atoms with van der Waals surface area (Å²) in [6, 6.07) is 1.87. The van der Waals surface area contributed by atoms with E-state index in [0.717, 1.165) is 12.1 Å². The van der Waals surface area contributed by atoms with Crippen LogP contribution in [0.2, 0.25) is 0 Å². The quantitative estimate of drug-likeness (QED) is 0.488. The van der Waals surface area contributed by atoms with Gasteiger partial charge < -0.3 is 0 Å².